The van der Waals surface area contributed by atoms with E-state index in [2.05, 4.69) is 9.47 Å². The molecule has 3 rings (SSSR count). The zero-order valence-electron chi connectivity index (χ0n) is 18.8. The number of allylic oxidation sites excluding steroid dienone is 1. The molecule has 1 saturated carbocycles. The molecule has 0 bridgehead atoms. The summed E-state index contributed by atoms with van der Waals surface area (Å²) >= 11 is 5.52. The maximum atomic E-state index is 14.6. The van der Waals surface area contributed by atoms with E-state index < -0.39 is 80.9 Å². The summed E-state index contributed by atoms with van der Waals surface area (Å²) in [4.78, 5) is 0. The van der Waals surface area contributed by atoms with Crippen molar-refractivity contribution in [1.29, 1.82) is 0 Å². The molecule has 0 aliphatic heterocycles. The maximum absolute atomic E-state index is 14.6. The van der Waals surface area contributed by atoms with E-state index in [-0.39, 0.29) is 18.2 Å². The second-order valence-electron chi connectivity index (χ2n) is 8.40. The molecule has 1 fully saturated rings. The van der Waals surface area contributed by atoms with Crippen LogP contribution < -0.4 is 9.47 Å². The Morgan fingerprint density at radius 2 is 1.43 bits per heavy atom. The molecule has 0 unspecified atom stereocenters. The van der Waals surface area contributed by atoms with E-state index in [4.69, 9.17) is 11.6 Å². The molecule has 202 valence electrons. The fourth-order valence-corrected chi connectivity index (χ4v) is 4.07. The Balaban J connectivity index is 1.89. The third kappa shape index (κ3) is 6.52. The van der Waals surface area contributed by atoms with E-state index in [1.807, 2.05) is 6.92 Å². The van der Waals surface area contributed by atoms with Crippen LogP contribution in [0.25, 0.3) is 5.83 Å². The minimum absolute atomic E-state index is 0.103. The predicted octanol–water partition coefficient (Wildman–Crippen LogP) is 9.73. The average Bonchev–Trinajstić information content (AvgIpc) is 2.79. The quantitative estimate of drug-likeness (QED) is 0.247. The molecule has 13 heteroatoms. The molecule has 0 amide bonds. The summed E-state index contributed by atoms with van der Waals surface area (Å²) < 4.78 is 147. The first-order valence-electron chi connectivity index (χ1n) is 10.7. The molecule has 1 aliphatic rings. The first-order chi connectivity index (χ1) is 17.2. The maximum Gasteiger partial charge on any atom is 0.432 e. The van der Waals surface area contributed by atoms with Crippen molar-refractivity contribution >= 4 is 17.4 Å². The number of rotatable bonds is 7. The van der Waals surface area contributed by atoms with Gasteiger partial charge in [-0.2, -0.15) is 22.0 Å². The van der Waals surface area contributed by atoms with Crippen LogP contribution in [0.1, 0.15) is 43.7 Å². The topological polar surface area (TPSA) is 18.5 Å². The van der Waals surface area contributed by atoms with Crippen molar-refractivity contribution in [1.82, 2.24) is 0 Å². The summed E-state index contributed by atoms with van der Waals surface area (Å²) in [6.45, 7) is 1.94. The van der Waals surface area contributed by atoms with Gasteiger partial charge >= 0.3 is 18.2 Å². The molecule has 1 aliphatic carbocycles. The highest BCUT2D eigenvalue weighted by molar-refractivity contribution is 6.32. The van der Waals surface area contributed by atoms with Crippen LogP contribution in [0.3, 0.4) is 0 Å². The fourth-order valence-electron chi connectivity index (χ4n) is 3.83. The number of hydrogen-bond acceptors (Lipinski definition) is 2. The van der Waals surface area contributed by atoms with E-state index in [9.17, 15) is 43.9 Å². The molecule has 0 radical (unpaired) electrons. The van der Waals surface area contributed by atoms with Crippen LogP contribution in [0.15, 0.2) is 42.2 Å². The number of hydrogen-bond donors (Lipinski definition) is 0. The lowest BCUT2D eigenvalue weighted by atomic mass is 9.82. The Morgan fingerprint density at radius 1 is 0.865 bits per heavy atom. The molecule has 0 spiro atoms. The van der Waals surface area contributed by atoms with E-state index in [0.29, 0.717) is 37.7 Å². The van der Waals surface area contributed by atoms with Crippen molar-refractivity contribution in [2.45, 2.75) is 38.7 Å². The lowest BCUT2D eigenvalue weighted by molar-refractivity contribution is -0.189. The smallest absolute Gasteiger partial charge is 0.429 e. The third-order valence-corrected chi connectivity index (χ3v) is 6.01. The summed E-state index contributed by atoms with van der Waals surface area (Å²) in [5.74, 6) is -11.5. The summed E-state index contributed by atoms with van der Waals surface area (Å²) in [6, 6.07) is -1.72. The normalized spacial score (nSPS) is 18.8. The van der Waals surface area contributed by atoms with Crippen molar-refractivity contribution in [2.75, 3.05) is 0 Å². The minimum atomic E-state index is -4.85. The van der Waals surface area contributed by atoms with Gasteiger partial charge in [-0.25, -0.2) is 22.0 Å². The van der Waals surface area contributed by atoms with Gasteiger partial charge in [0.15, 0.2) is 17.4 Å². The summed E-state index contributed by atoms with van der Waals surface area (Å²) in [7, 11) is 0. The highest BCUT2D eigenvalue weighted by Crippen LogP contribution is 2.42. The average molecular weight is 563 g/mol. The Kier molecular flexibility index (Phi) is 8.71. The molecule has 0 aromatic heterocycles. The van der Waals surface area contributed by atoms with Crippen LogP contribution in [0, 0.1) is 29.3 Å². The lowest BCUT2D eigenvalue weighted by Crippen LogP contribution is -2.25. The van der Waals surface area contributed by atoms with Gasteiger partial charge in [-0.05, 0) is 30.9 Å². The van der Waals surface area contributed by atoms with E-state index in [0.717, 1.165) is 0 Å². The second kappa shape index (κ2) is 11.2. The lowest BCUT2D eigenvalue weighted by Gasteiger charge is -2.25. The molecular weight excluding hydrogens is 546 g/mol. The standard InChI is InChI=1S/C24H17ClF10O2/c1-10-2-4-11(5-3-10)19(29)20(30)12-6-15(26)18(16(27)7-12)24(34,35)37-13-8-14(25)21(17(28)9-13)36-23(33)22(31)32/h6-11H,2-5H2,1H3. The summed E-state index contributed by atoms with van der Waals surface area (Å²) in [6.07, 6.45) is -5.96. The van der Waals surface area contributed by atoms with Crippen molar-refractivity contribution in [3.05, 3.63) is 75.8 Å². The molecule has 2 aromatic carbocycles. The number of benzene rings is 2. The van der Waals surface area contributed by atoms with Crippen molar-refractivity contribution < 1.29 is 53.4 Å². The van der Waals surface area contributed by atoms with Gasteiger partial charge in [0.1, 0.15) is 28.8 Å². The van der Waals surface area contributed by atoms with Crippen molar-refractivity contribution in [3.8, 4) is 11.5 Å². The molecule has 0 saturated heterocycles. The Labute approximate surface area is 209 Å². The monoisotopic (exact) mass is 562 g/mol. The molecule has 2 aromatic rings. The van der Waals surface area contributed by atoms with Gasteiger partial charge in [-0.15, -0.1) is 0 Å². The van der Waals surface area contributed by atoms with E-state index >= 15 is 0 Å². The Hall–Kier alpha value is -2.89. The summed E-state index contributed by atoms with van der Waals surface area (Å²) in [5, 5.41) is -1.00. The van der Waals surface area contributed by atoms with E-state index in [1.165, 1.54) is 0 Å². The SMILES string of the molecule is CC1CCC(C(F)=C(F)c2cc(F)c(C(F)(F)Oc3cc(F)c(OC(F)=C(F)F)c(Cl)c3)c(F)c2)CC1. The number of halogens is 11. The molecule has 0 N–H and O–H groups in total. The highest BCUT2D eigenvalue weighted by atomic mass is 35.5. The molecule has 0 atom stereocenters. The Morgan fingerprint density at radius 3 is 1.95 bits per heavy atom. The molecular formula is C24H17ClF10O2. The van der Waals surface area contributed by atoms with Crippen LogP contribution in [0.4, 0.5) is 43.9 Å². The van der Waals surface area contributed by atoms with Gasteiger partial charge in [0.25, 0.3) is 0 Å². The number of alkyl halides is 2. The van der Waals surface area contributed by atoms with E-state index in [1.54, 1.807) is 0 Å². The fraction of sp³-hybridized carbons (Fsp3) is 0.333. The first kappa shape index (κ1) is 28.7. The van der Waals surface area contributed by atoms with Gasteiger partial charge in [-0.1, -0.05) is 31.4 Å². The van der Waals surface area contributed by atoms with Gasteiger partial charge in [0.05, 0.1) is 5.02 Å². The van der Waals surface area contributed by atoms with Crippen LogP contribution in [0.5, 0.6) is 11.5 Å². The minimum Gasteiger partial charge on any atom is -0.429 e. The van der Waals surface area contributed by atoms with Crippen LogP contribution in [-0.2, 0) is 6.11 Å². The third-order valence-electron chi connectivity index (χ3n) is 5.73. The molecule has 0 heterocycles. The van der Waals surface area contributed by atoms with Crippen LogP contribution in [-0.4, -0.2) is 0 Å². The van der Waals surface area contributed by atoms with Crippen molar-refractivity contribution in [3.63, 3.8) is 0 Å². The summed E-state index contributed by atoms with van der Waals surface area (Å²) in [5.41, 5.74) is -2.96. The van der Waals surface area contributed by atoms with Gasteiger partial charge < -0.3 is 9.47 Å². The first-order valence-corrected chi connectivity index (χ1v) is 11.1. The highest BCUT2D eigenvalue weighted by Gasteiger charge is 2.42. The number of ether oxygens (including phenoxy) is 2. The van der Waals surface area contributed by atoms with Gasteiger partial charge in [0, 0.05) is 23.6 Å². The van der Waals surface area contributed by atoms with Crippen molar-refractivity contribution in [2.24, 2.45) is 11.8 Å². The molecule has 2 nitrogen and oxygen atoms in total. The second-order valence-corrected chi connectivity index (χ2v) is 8.81. The van der Waals surface area contributed by atoms with Crippen LogP contribution in [0.2, 0.25) is 5.02 Å². The zero-order chi connectivity index (χ0) is 27.7. The largest absolute Gasteiger partial charge is 0.432 e. The predicted molar refractivity (Wildman–Crippen MR) is 114 cm³/mol. The molecule has 37 heavy (non-hydrogen) atoms. The zero-order valence-corrected chi connectivity index (χ0v) is 19.5. The Bertz CT molecular complexity index is 1190. The van der Waals surface area contributed by atoms with Gasteiger partial charge in [-0.3, -0.25) is 0 Å². The van der Waals surface area contributed by atoms with Crippen LogP contribution >= 0.6 is 11.6 Å². The van der Waals surface area contributed by atoms with Gasteiger partial charge in [0.2, 0.25) is 0 Å².